The number of para-hydroxylation sites is 2. The number of nitrogens with zero attached hydrogens (tertiary/aromatic N) is 5. The third kappa shape index (κ3) is 6.16. The molecule has 0 saturated carbocycles. The van der Waals surface area contributed by atoms with Crippen molar-refractivity contribution in [3.63, 3.8) is 0 Å². The summed E-state index contributed by atoms with van der Waals surface area (Å²) in [5.74, 6) is 1.77. The lowest BCUT2D eigenvalue weighted by molar-refractivity contribution is 1.07. The number of pyridine rings is 1. The van der Waals surface area contributed by atoms with Gasteiger partial charge in [0.05, 0.1) is 16.7 Å². The molecule has 0 atom stereocenters. The highest BCUT2D eigenvalue weighted by molar-refractivity contribution is 7.26. The summed E-state index contributed by atoms with van der Waals surface area (Å²) in [6.45, 7) is 0. The van der Waals surface area contributed by atoms with Gasteiger partial charge in [-0.3, -0.25) is 4.98 Å². The van der Waals surface area contributed by atoms with E-state index >= 15 is 0 Å². The molecule has 0 aliphatic rings. The van der Waals surface area contributed by atoms with Gasteiger partial charge in [-0.2, -0.15) is 0 Å². The predicted molar refractivity (Wildman–Crippen MR) is 257 cm³/mol. The van der Waals surface area contributed by atoms with Crippen molar-refractivity contribution in [3.05, 3.63) is 212 Å². The number of aromatic nitrogens is 5. The lowest BCUT2D eigenvalue weighted by Crippen LogP contribution is -2.02. The second-order valence-electron chi connectivity index (χ2n) is 15.4. The van der Waals surface area contributed by atoms with Crippen LogP contribution in [0, 0.1) is 0 Å². The average Bonchev–Trinajstić information content (AvgIpc) is 3.88. The van der Waals surface area contributed by atoms with Gasteiger partial charge < -0.3 is 4.57 Å². The minimum Gasteiger partial charge on any atom is -0.309 e. The van der Waals surface area contributed by atoms with E-state index in [0.717, 1.165) is 55.9 Å². The molecule has 0 radical (unpaired) electrons. The molecule has 0 aliphatic carbocycles. The van der Waals surface area contributed by atoms with E-state index in [1.54, 1.807) is 0 Å². The molecule has 0 saturated heterocycles. The fourth-order valence-electron chi connectivity index (χ4n) is 8.79. The minimum absolute atomic E-state index is 0.562. The van der Waals surface area contributed by atoms with Crippen LogP contribution in [0.2, 0.25) is 0 Å². The van der Waals surface area contributed by atoms with Crippen molar-refractivity contribution in [3.8, 4) is 73.4 Å². The number of hydrogen-bond acceptors (Lipinski definition) is 5. The van der Waals surface area contributed by atoms with Gasteiger partial charge in [0.2, 0.25) is 0 Å². The normalized spacial score (nSPS) is 11.5. The van der Waals surface area contributed by atoms with Gasteiger partial charge in [0.15, 0.2) is 17.5 Å². The van der Waals surface area contributed by atoms with Crippen LogP contribution in [0.15, 0.2) is 212 Å². The fourth-order valence-corrected chi connectivity index (χ4v) is 9.95. The highest BCUT2D eigenvalue weighted by Crippen LogP contribution is 2.43. The maximum absolute atomic E-state index is 5.32. The first-order valence-electron chi connectivity index (χ1n) is 20.7. The summed E-state index contributed by atoms with van der Waals surface area (Å²) in [5, 5.41) is 4.96. The van der Waals surface area contributed by atoms with Crippen molar-refractivity contribution < 1.29 is 0 Å². The lowest BCUT2D eigenvalue weighted by atomic mass is 9.93. The summed E-state index contributed by atoms with van der Waals surface area (Å²) < 4.78 is 4.82. The smallest absolute Gasteiger partial charge is 0.166 e. The zero-order chi connectivity index (χ0) is 41.0. The summed E-state index contributed by atoms with van der Waals surface area (Å²) in [6.07, 6.45) is 1.99. The van der Waals surface area contributed by atoms with Gasteiger partial charge in [-0.05, 0) is 59.2 Å². The molecule has 0 spiro atoms. The molecule has 6 heteroatoms. The van der Waals surface area contributed by atoms with E-state index in [2.05, 4.69) is 150 Å². The van der Waals surface area contributed by atoms with Crippen LogP contribution in [-0.2, 0) is 0 Å². The summed E-state index contributed by atoms with van der Waals surface area (Å²) in [6, 6.07) is 72.3. The lowest BCUT2D eigenvalue weighted by Gasteiger charge is -2.15. The van der Waals surface area contributed by atoms with Crippen LogP contribution in [0.25, 0.3) is 115 Å². The Bertz CT molecular complexity index is 3560. The van der Waals surface area contributed by atoms with Crippen LogP contribution in [0.1, 0.15) is 0 Å². The Labute approximate surface area is 361 Å². The van der Waals surface area contributed by atoms with Gasteiger partial charge in [0.25, 0.3) is 0 Å². The van der Waals surface area contributed by atoms with E-state index in [4.69, 9.17) is 19.9 Å². The monoisotopic (exact) mass is 809 g/mol. The Morgan fingerprint density at radius 2 is 0.903 bits per heavy atom. The summed E-state index contributed by atoms with van der Waals surface area (Å²) in [4.78, 5) is 20.8. The maximum atomic E-state index is 5.32. The van der Waals surface area contributed by atoms with Crippen LogP contribution in [0.3, 0.4) is 0 Å². The van der Waals surface area contributed by atoms with Gasteiger partial charge in [0.1, 0.15) is 0 Å². The highest BCUT2D eigenvalue weighted by Gasteiger charge is 2.21. The Kier molecular flexibility index (Phi) is 8.61. The zero-order valence-corrected chi connectivity index (χ0v) is 34.2. The molecule has 0 unspecified atom stereocenters. The van der Waals surface area contributed by atoms with Crippen molar-refractivity contribution in [1.29, 1.82) is 0 Å². The summed E-state index contributed by atoms with van der Waals surface area (Å²) >= 11 is 1.82. The van der Waals surface area contributed by atoms with Crippen molar-refractivity contribution in [2.75, 3.05) is 0 Å². The molecule has 8 aromatic carbocycles. The van der Waals surface area contributed by atoms with Crippen molar-refractivity contribution in [1.82, 2.24) is 24.5 Å². The topological polar surface area (TPSA) is 56.5 Å². The molecule has 62 heavy (non-hydrogen) atoms. The van der Waals surface area contributed by atoms with Crippen LogP contribution >= 0.6 is 11.3 Å². The number of rotatable bonds is 7. The fraction of sp³-hybridized carbons (Fsp3) is 0. The second kappa shape index (κ2) is 14.9. The zero-order valence-electron chi connectivity index (χ0n) is 33.4. The van der Waals surface area contributed by atoms with E-state index in [9.17, 15) is 0 Å². The molecular weight excluding hydrogens is 775 g/mol. The maximum Gasteiger partial charge on any atom is 0.166 e. The molecule has 0 aliphatic heterocycles. The molecule has 290 valence electrons. The second-order valence-corrected chi connectivity index (χ2v) is 16.5. The standard InChI is InChI=1S/C56H35N5S/c1-5-17-36(18-6-1)42-25-13-14-26-43(42)40-31-48(56-59-54(37-19-7-2-8-20-37)58-55(60-56)38-21-9-3-10-22-38)53(57-35-40)39-29-30-45-47-33-46-44-27-15-16-28-49(44)61(41-23-11-4-12-24-41)50(46)34-52(47)62-51(45)32-39/h1-35H. The van der Waals surface area contributed by atoms with Gasteiger partial charge in [0, 0.05) is 70.6 Å². The van der Waals surface area contributed by atoms with Crippen molar-refractivity contribution in [2.45, 2.75) is 0 Å². The Balaban J connectivity index is 1.07. The molecule has 0 fully saturated rings. The molecule has 12 rings (SSSR count). The van der Waals surface area contributed by atoms with E-state index in [0.29, 0.717) is 17.5 Å². The van der Waals surface area contributed by atoms with Gasteiger partial charge in [-0.25, -0.2) is 15.0 Å². The molecule has 12 aromatic rings. The van der Waals surface area contributed by atoms with Gasteiger partial charge >= 0.3 is 0 Å². The van der Waals surface area contributed by atoms with Crippen LogP contribution in [0.4, 0.5) is 0 Å². The minimum atomic E-state index is 0.562. The van der Waals surface area contributed by atoms with E-state index in [-0.39, 0.29) is 0 Å². The number of hydrogen-bond donors (Lipinski definition) is 0. The van der Waals surface area contributed by atoms with Crippen molar-refractivity contribution in [2.24, 2.45) is 0 Å². The first kappa shape index (κ1) is 35.8. The van der Waals surface area contributed by atoms with E-state index < -0.39 is 0 Å². The molecule has 0 N–H and O–H groups in total. The Morgan fingerprint density at radius 3 is 1.60 bits per heavy atom. The molecule has 0 amide bonds. The average molecular weight is 810 g/mol. The highest BCUT2D eigenvalue weighted by atomic mass is 32.1. The molecule has 5 nitrogen and oxygen atoms in total. The van der Waals surface area contributed by atoms with Crippen LogP contribution < -0.4 is 0 Å². The Morgan fingerprint density at radius 1 is 0.339 bits per heavy atom. The molecule has 0 bridgehead atoms. The molecule has 4 heterocycles. The number of benzene rings is 8. The first-order valence-corrected chi connectivity index (χ1v) is 21.5. The van der Waals surface area contributed by atoms with Crippen LogP contribution in [-0.4, -0.2) is 24.5 Å². The van der Waals surface area contributed by atoms with E-state index in [1.807, 2.05) is 78.2 Å². The Hall–Kier alpha value is -8.06. The van der Waals surface area contributed by atoms with Gasteiger partial charge in [-0.1, -0.05) is 164 Å². The number of fused-ring (bicyclic) bond motifs is 6. The summed E-state index contributed by atoms with van der Waals surface area (Å²) in [7, 11) is 0. The summed E-state index contributed by atoms with van der Waals surface area (Å²) in [5.41, 5.74) is 12.4. The predicted octanol–water partition coefficient (Wildman–Crippen LogP) is 14.7. The third-order valence-electron chi connectivity index (χ3n) is 11.7. The largest absolute Gasteiger partial charge is 0.309 e. The third-order valence-corrected chi connectivity index (χ3v) is 12.8. The first-order chi connectivity index (χ1) is 30.7. The van der Waals surface area contributed by atoms with Gasteiger partial charge in [-0.15, -0.1) is 11.3 Å². The number of thiophene rings is 1. The van der Waals surface area contributed by atoms with E-state index in [1.165, 1.54) is 42.0 Å². The molecular formula is C56H35N5S. The SMILES string of the molecule is c1ccc(-c2nc(-c3ccccc3)nc(-c3cc(-c4ccccc4-c4ccccc4)cnc3-c3ccc4c(c3)sc3cc5c(cc34)c3ccccc3n5-c3ccccc3)n2)cc1. The van der Waals surface area contributed by atoms with Crippen molar-refractivity contribution >= 4 is 53.3 Å². The quantitative estimate of drug-likeness (QED) is 0.161. The molecule has 4 aromatic heterocycles. The van der Waals surface area contributed by atoms with Crippen LogP contribution in [0.5, 0.6) is 0 Å².